The molecule has 1 heterocycles. The zero-order valence-electron chi connectivity index (χ0n) is 13.4. The van der Waals surface area contributed by atoms with E-state index in [1.54, 1.807) is 37.7 Å². The third kappa shape index (κ3) is 2.60. The van der Waals surface area contributed by atoms with Crippen LogP contribution in [0.2, 0.25) is 0 Å². The Morgan fingerprint density at radius 2 is 1.95 bits per heavy atom. The molecule has 0 unspecified atom stereocenters. The van der Waals surface area contributed by atoms with Gasteiger partial charge in [0.1, 0.15) is 5.54 Å². The molecule has 2 amide bonds. The van der Waals surface area contributed by atoms with Crippen LogP contribution in [-0.2, 0) is 4.79 Å². The SMILES string of the molecule is CNc1cc(C)ccc1C(=O)N1CCN(C)C(=O)C1(C)C. The molecule has 1 aromatic carbocycles. The molecule has 5 heteroatoms. The summed E-state index contributed by atoms with van der Waals surface area (Å²) in [6, 6.07) is 5.68. The maximum atomic E-state index is 12.9. The van der Waals surface area contributed by atoms with Crippen molar-refractivity contribution in [1.82, 2.24) is 9.80 Å². The average Bonchev–Trinajstić information content (AvgIpc) is 2.44. The maximum Gasteiger partial charge on any atom is 0.256 e. The molecule has 0 aromatic heterocycles. The largest absolute Gasteiger partial charge is 0.387 e. The number of anilines is 1. The fourth-order valence-corrected chi connectivity index (χ4v) is 2.77. The van der Waals surface area contributed by atoms with Crippen LogP contribution in [0.4, 0.5) is 5.69 Å². The minimum atomic E-state index is -0.819. The molecule has 0 bridgehead atoms. The number of carbonyl (C=O) groups excluding carboxylic acids is 2. The Kier molecular flexibility index (Phi) is 3.94. The van der Waals surface area contributed by atoms with Gasteiger partial charge in [0.15, 0.2) is 0 Å². The average molecular weight is 289 g/mol. The Balaban J connectivity index is 2.38. The third-order valence-corrected chi connectivity index (χ3v) is 4.12. The number of amides is 2. The van der Waals surface area contributed by atoms with Gasteiger partial charge in [0.2, 0.25) is 5.91 Å². The molecule has 0 atom stereocenters. The first-order chi connectivity index (χ1) is 9.78. The number of hydrogen-bond acceptors (Lipinski definition) is 3. The maximum absolute atomic E-state index is 12.9. The van der Waals surface area contributed by atoms with E-state index in [-0.39, 0.29) is 11.8 Å². The van der Waals surface area contributed by atoms with E-state index >= 15 is 0 Å². The van der Waals surface area contributed by atoms with E-state index in [0.717, 1.165) is 11.3 Å². The predicted molar refractivity (Wildman–Crippen MR) is 83.5 cm³/mol. The Labute approximate surface area is 125 Å². The fourth-order valence-electron chi connectivity index (χ4n) is 2.77. The van der Waals surface area contributed by atoms with Crippen molar-refractivity contribution < 1.29 is 9.59 Å². The highest BCUT2D eigenvalue weighted by molar-refractivity contribution is 6.03. The Bertz CT molecular complexity index is 581. The molecule has 114 valence electrons. The van der Waals surface area contributed by atoms with E-state index in [1.165, 1.54) is 0 Å². The van der Waals surface area contributed by atoms with Crippen LogP contribution in [0.25, 0.3) is 0 Å². The molecule has 1 aliphatic heterocycles. The van der Waals surface area contributed by atoms with E-state index < -0.39 is 5.54 Å². The molecule has 0 aliphatic carbocycles. The molecule has 0 saturated carbocycles. The highest BCUT2D eigenvalue weighted by atomic mass is 16.2. The van der Waals surface area contributed by atoms with Crippen molar-refractivity contribution in [2.45, 2.75) is 26.3 Å². The first-order valence-corrected chi connectivity index (χ1v) is 7.15. The van der Waals surface area contributed by atoms with Gasteiger partial charge >= 0.3 is 0 Å². The molecular formula is C16H23N3O2. The normalized spacial score (nSPS) is 17.9. The number of aryl methyl sites for hydroxylation is 1. The van der Waals surface area contributed by atoms with Crippen LogP contribution in [0.15, 0.2) is 18.2 Å². The molecule has 5 nitrogen and oxygen atoms in total. The number of nitrogens with one attached hydrogen (secondary N) is 1. The van der Waals surface area contributed by atoms with Gasteiger partial charge < -0.3 is 15.1 Å². The summed E-state index contributed by atoms with van der Waals surface area (Å²) >= 11 is 0. The minimum absolute atomic E-state index is 0.0276. The lowest BCUT2D eigenvalue weighted by Gasteiger charge is -2.44. The summed E-state index contributed by atoms with van der Waals surface area (Å²) < 4.78 is 0. The zero-order chi connectivity index (χ0) is 15.8. The second kappa shape index (κ2) is 5.39. The number of piperazine rings is 1. The van der Waals surface area contributed by atoms with E-state index in [2.05, 4.69) is 5.32 Å². The highest BCUT2D eigenvalue weighted by Crippen LogP contribution is 2.27. The van der Waals surface area contributed by atoms with Crippen molar-refractivity contribution in [3.8, 4) is 0 Å². The van der Waals surface area contributed by atoms with Crippen LogP contribution in [0, 0.1) is 6.92 Å². The van der Waals surface area contributed by atoms with Crippen molar-refractivity contribution in [2.75, 3.05) is 32.5 Å². The molecule has 1 saturated heterocycles. The summed E-state index contributed by atoms with van der Waals surface area (Å²) in [7, 11) is 3.57. The van der Waals surface area contributed by atoms with E-state index in [4.69, 9.17) is 0 Å². The lowest BCUT2D eigenvalue weighted by atomic mass is 9.96. The molecule has 2 rings (SSSR count). The van der Waals surface area contributed by atoms with Crippen LogP contribution >= 0.6 is 0 Å². The number of nitrogens with zero attached hydrogens (tertiary/aromatic N) is 2. The van der Waals surface area contributed by atoms with Gasteiger partial charge in [-0.25, -0.2) is 0 Å². The van der Waals surface area contributed by atoms with E-state index in [9.17, 15) is 9.59 Å². The second-order valence-corrected chi connectivity index (χ2v) is 6.04. The molecule has 1 aliphatic rings. The van der Waals surface area contributed by atoms with Gasteiger partial charge in [-0.1, -0.05) is 6.07 Å². The van der Waals surface area contributed by atoms with Crippen LogP contribution in [0.5, 0.6) is 0 Å². The number of rotatable bonds is 2. The van der Waals surface area contributed by atoms with Gasteiger partial charge in [-0.15, -0.1) is 0 Å². The van der Waals surface area contributed by atoms with Gasteiger partial charge in [-0.2, -0.15) is 0 Å². The summed E-state index contributed by atoms with van der Waals surface area (Å²) in [5, 5.41) is 3.06. The summed E-state index contributed by atoms with van der Waals surface area (Å²) in [5.74, 6) is -0.133. The van der Waals surface area contributed by atoms with E-state index in [1.807, 2.05) is 25.1 Å². The van der Waals surface area contributed by atoms with Crippen molar-refractivity contribution in [3.05, 3.63) is 29.3 Å². The first-order valence-electron chi connectivity index (χ1n) is 7.15. The summed E-state index contributed by atoms with van der Waals surface area (Å²) in [6.45, 7) is 6.70. The second-order valence-electron chi connectivity index (χ2n) is 6.04. The lowest BCUT2D eigenvalue weighted by Crippen LogP contribution is -2.63. The molecule has 21 heavy (non-hydrogen) atoms. The Morgan fingerprint density at radius 3 is 2.57 bits per heavy atom. The summed E-state index contributed by atoms with van der Waals surface area (Å²) in [5.41, 5.74) is 1.67. The highest BCUT2D eigenvalue weighted by Gasteiger charge is 2.43. The molecule has 1 aromatic rings. The van der Waals surface area contributed by atoms with Crippen molar-refractivity contribution >= 4 is 17.5 Å². The molecule has 0 spiro atoms. The van der Waals surface area contributed by atoms with Gasteiger partial charge in [0.25, 0.3) is 5.91 Å². The molecular weight excluding hydrogens is 266 g/mol. The van der Waals surface area contributed by atoms with E-state index in [0.29, 0.717) is 18.7 Å². The quantitative estimate of drug-likeness (QED) is 0.902. The predicted octanol–water partition coefficient (Wildman–Crippen LogP) is 1.73. The van der Waals surface area contributed by atoms with Crippen molar-refractivity contribution in [1.29, 1.82) is 0 Å². The summed E-state index contributed by atoms with van der Waals surface area (Å²) in [6.07, 6.45) is 0. The minimum Gasteiger partial charge on any atom is -0.387 e. The van der Waals surface area contributed by atoms with Crippen molar-refractivity contribution in [3.63, 3.8) is 0 Å². The third-order valence-electron chi connectivity index (χ3n) is 4.12. The standard InChI is InChI=1S/C16H23N3O2/c1-11-6-7-12(13(10-11)17-4)14(20)19-9-8-18(5)15(21)16(19,2)3/h6-7,10,17H,8-9H2,1-5H3. The number of benzene rings is 1. The van der Waals surface area contributed by atoms with Crippen LogP contribution in [0.1, 0.15) is 29.8 Å². The Hall–Kier alpha value is -2.04. The number of likely N-dealkylation sites (N-methyl/N-ethyl adjacent to an activating group) is 1. The molecule has 1 fully saturated rings. The molecule has 0 radical (unpaired) electrons. The molecule has 1 N–H and O–H groups in total. The number of carbonyl (C=O) groups is 2. The monoisotopic (exact) mass is 289 g/mol. The van der Waals surface area contributed by atoms with Gasteiger partial charge in [0.05, 0.1) is 5.56 Å². The van der Waals surface area contributed by atoms with Crippen molar-refractivity contribution in [2.24, 2.45) is 0 Å². The summed E-state index contributed by atoms with van der Waals surface area (Å²) in [4.78, 5) is 28.5. The van der Waals surface area contributed by atoms with Crippen LogP contribution in [-0.4, -0.2) is 54.3 Å². The zero-order valence-corrected chi connectivity index (χ0v) is 13.4. The Morgan fingerprint density at radius 1 is 1.29 bits per heavy atom. The lowest BCUT2D eigenvalue weighted by molar-refractivity contribution is -0.144. The topological polar surface area (TPSA) is 52.7 Å². The van der Waals surface area contributed by atoms with Crippen LogP contribution < -0.4 is 5.32 Å². The van der Waals surface area contributed by atoms with Crippen LogP contribution in [0.3, 0.4) is 0 Å². The smallest absolute Gasteiger partial charge is 0.256 e. The number of hydrogen-bond donors (Lipinski definition) is 1. The van der Waals surface area contributed by atoms with Gasteiger partial charge in [-0.05, 0) is 38.5 Å². The first kappa shape index (κ1) is 15.4. The van der Waals surface area contributed by atoms with Gasteiger partial charge in [0, 0.05) is 32.9 Å². The fraction of sp³-hybridized carbons (Fsp3) is 0.500. The van der Waals surface area contributed by atoms with Gasteiger partial charge in [-0.3, -0.25) is 9.59 Å².